The van der Waals surface area contributed by atoms with Gasteiger partial charge in [0.25, 0.3) is 9.41 Å². The Balaban J connectivity index is 2.16. The maximum Gasteiger partial charge on any atom is 0.296 e. The van der Waals surface area contributed by atoms with Gasteiger partial charge in [-0.05, 0) is 35.4 Å². The van der Waals surface area contributed by atoms with Gasteiger partial charge in [-0.25, -0.2) is 0 Å². The van der Waals surface area contributed by atoms with Gasteiger partial charge in [-0.3, -0.25) is 0 Å². The number of rotatable bonds is 3. The normalized spacial score (nSPS) is 18.2. The van der Waals surface area contributed by atoms with Gasteiger partial charge in [0.15, 0.2) is 0 Å². The van der Waals surface area contributed by atoms with Crippen LogP contribution in [-0.2, 0) is 4.46 Å². The van der Waals surface area contributed by atoms with Crippen molar-refractivity contribution in [2.24, 2.45) is 5.92 Å². The number of benzene rings is 1. The fraction of sp³-hybridized carbons (Fsp3) is 0.455. The highest BCUT2D eigenvalue weighted by Crippen LogP contribution is 2.41. The van der Waals surface area contributed by atoms with Crippen molar-refractivity contribution < 1.29 is 4.46 Å². The van der Waals surface area contributed by atoms with Crippen LogP contribution in [-0.4, -0.2) is 9.41 Å². The molecule has 0 aromatic heterocycles. The summed E-state index contributed by atoms with van der Waals surface area (Å²) in [6.45, 7) is 2.29. The third-order valence-corrected chi connectivity index (χ3v) is 3.58. The highest BCUT2D eigenvalue weighted by molar-refractivity contribution is 6.38. The first kappa shape index (κ1) is 8.82. The van der Waals surface area contributed by atoms with Gasteiger partial charge in [-0.1, -0.05) is 31.2 Å². The van der Waals surface area contributed by atoms with Crippen molar-refractivity contribution in [3.8, 4) is 0 Å². The highest BCUT2D eigenvalue weighted by Gasteiger charge is 2.28. The molecule has 0 amide bonds. The zero-order valence-corrected chi connectivity index (χ0v) is 9.02. The standard InChI is InChI=1S/C11H14OSi/c1-8(9-2-3-9)10-4-6-11(13-12)7-5-10/h4-9,13H,2-3H2,1H3. The van der Waals surface area contributed by atoms with Crippen LogP contribution in [0.25, 0.3) is 0 Å². The molecule has 0 saturated heterocycles. The van der Waals surface area contributed by atoms with E-state index in [9.17, 15) is 4.46 Å². The predicted molar refractivity (Wildman–Crippen MR) is 55.1 cm³/mol. The lowest BCUT2D eigenvalue weighted by Gasteiger charge is -2.09. The van der Waals surface area contributed by atoms with Crippen molar-refractivity contribution in [2.45, 2.75) is 25.7 Å². The van der Waals surface area contributed by atoms with Gasteiger partial charge in [-0.2, -0.15) is 0 Å². The molecule has 1 aliphatic rings. The summed E-state index contributed by atoms with van der Waals surface area (Å²) in [5.74, 6) is 1.60. The first-order valence-electron chi connectivity index (χ1n) is 4.86. The lowest BCUT2D eigenvalue weighted by atomic mass is 9.97. The second-order valence-corrected chi connectivity index (χ2v) is 4.81. The predicted octanol–water partition coefficient (Wildman–Crippen LogP) is 1.61. The Morgan fingerprint density at radius 1 is 1.31 bits per heavy atom. The van der Waals surface area contributed by atoms with E-state index >= 15 is 0 Å². The third kappa shape index (κ3) is 1.94. The van der Waals surface area contributed by atoms with Crippen molar-refractivity contribution in [3.05, 3.63) is 29.8 Å². The minimum absolute atomic E-state index is 0.690. The smallest absolute Gasteiger partial charge is 0.296 e. The molecule has 2 rings (SSSR count). The van der Waals surface area contributed by atoms with Gasteiger partial charge in [-0.15, -0.1) is 0 Å². The average molecular weight is 190 g/mol. The monoisotopic (exact) mass is 190 g/mol. The fourth-order valence-electron chi connectivity index (χ4n) is 1.75. The molecule has 0 aliphatic heterocycles. The average Bonchev–Trinajstić information content (AvgIpc) is 3.00. The van der Waals surface area contributed by atoms with Gasteiger partial charge in [0, 0.05) is 0 Å². The third-order valence-electron chi connectivity index (χ3n) is 2.93. The molecule has 0 N–H and O–H groups in total. The van der Waals surface area contributed by atoms with Crippen LogP contribution in [0, 0.1) is 5.92 Å². The molecule has 0 heterocycles. The van der Waals surface area contributed by atoms with E-state index < -0.39 is 9.41 Å². The van der Waals surface area contributed by atoms with Gasteiger partial charge >= 0.3 is 0 Å². The molecule has 1 unspecified atom stereocenters. The van der Waals surface area contributed by atoms with Crippen molar-refractivity contribution in [1.82, 2.24) is 0 Å². The Bertz CT molecular complexity index is 300. The van der Waals surface area contributed by atoms with Crippen LogP contribution in [0.15, 0.2) is 24.3 Å². The molecular formula is C11H14OSi. The molecule has 1 nitrogen and oxygen atoms in total. The minimum atomic E-state index is -0.761. The first-order valence-corrected chi connectivity index (χ1v) is 5.91. The first-order chi connectivity index (χ1) is 6.31. The maximum atomic E-state index is 10.6. The molecule has 1 aromatic carbocycles. The second-order valence-electron chi connectivity index (χ2n) is 3.91. The van der Waals surface area contributed by atoms with Crippen LogP contribution < -0.4 is 5.19 Å². The molecule has 1 atom stereocenters. The summed E-state index contributed by atoms with van der Waals surface area (Å²) in [6, 6.07) is 8.25. The van der Waals surface area contributed by atoms with Crippen molar-refractivity contribution >= 4 is 14.6 Å². The Morgan fingerprint density at radius 3 is 2.38 bits per heavy atom. The summed E-state index contributed by atoms with van der Waals surface area (Å²) in [5.41, 5.74) is 1.40. The lowest BCUT2D eigenvalue weighted by Crippen LogP contribution is -2.06. The van der Waals surface area contributed by atoms with E-state index in [1.54, 1.807) is 0 Å². The molecule has 1 aromatic rings. The summed E-state index contributed by atoms with van der Waals surface area (Å²) in [6.07, 6.45) is 2.77. The molecule has 0 radical (unpaired) electrons. The SMILES string of the molecule is CC(c1ccc([SiH]=O)cc1)C1CC1. The zero-order chi connectivity index (χ0) is 9.26. The summed E-state index contributed by atoms with van der Waals surface area (Å²) < 4.78 is 10.6. The van der Waals surface area contributed by atoms with Gasteiger partial charge < -0.3 is 4.46 Å². The number of hydrogen-bond donors (Lipinski definition) is 0. The molecule has 68 valence electrons. The Morgan fingerprint density at radius 2 is 1.92 bits per heavy atom. The molecule has 1 fully saturated rings. The Hall–Kier alpha value is -0.763. The topological polar surface area (TPSA) is 17.1 Å². The minimum Gasteiger partial charge on any atom is -0.386 e. The van der Waals surface area contributed by atoms with Crippen LogP contribution in [0.2, 0.25) is 0 Å². The summed E-state index contributed by atoms with van der Waals surface area (Å²) in [7, 11) is -0.761. The van der Waals surface area contributed by atoms with E-state index in [0.717, 1.165) is 11.1 Å². The van der Waals surface area contributed by atoms with Crippen LogP contribution >= 0.6 is 0 Å². The van der Waals surface area contributed by atoms with Crippen molar-refractivity contribution in [3.63, 3.8) is 0 Å². The Labute approximate surface area is 81.1 Å². The van der Waals surface area contributed by atoms with E-state index in [4.69, 9.17) is 0 Å². The van der Waals surface area contributed by atoms with E-state index in [2.05, 4.69) is 19.1 Å². The molecule has 1 saturated carbocycles. The summed E-state index contributed by atoms with van der Waals surface area (Å²) in [4.78, 5) is 0. The van der Waals surface area contributed by atoms with Crippen LogP contribution in [0.5, 0.6) is 0 Å². The van der Waals surface area contributed by atoms with Crippen LogP contribution in [0.3, 0.4) is 0 Å². The van der Waals surface area contributed by atoms with E-state index in [1.807, 2.05) is 12.1 Å². The molecule has 13 heavy (non-hydrogen) atoms. The maximum absolute atomic E-state index is 10.6. The van der Waals surface area contributed by atoms with Gasteiger partial charge in [0.05, 0.1) is 0 Å². The Kier molecular flexibility index (Phi) is 2.40. The summed E-state index contributed by atoms with van der Waals surface area (Å²) in [5, 5.41) is 0.978. The zero-order valence-electron chi connectivity index (χ0n) is 7.86. The van der Waals surface area contributed by atoms with Gasteiger partial charge in [0.1, 0.15) is 0 Å². The lowest BCUT2D eigenvalue weighted by molar-refractivity contribution is 0.583. The fourth-order valence-corrected chi connectivity index (χ4v) is 2.10. The molecular weight excluding hydrogens is 176 g/mol. The second kappa shape index (κ2) is 3.54. The van der Waals surface area contributed by atoms with Gasteiger partial charge in [0.2, 0.25) is 0 Å². The van der Waals surface area contributed by atoms with Crippen LogP contribution in [0.1, 0.15) is 31.2 Å². The molecule has 0 spiro atoms. The quantitative estimate of drug-likeness (QED) is 0.662. The molecule has 1 aliphatic carbocycles. The van der Waals surface area contributed by atoms with E-state index in [1.165, 1.54) is 18.4 Å². The van der Waals surface area contributed by atoms with Crippen molar-refractivity contribution in [1.29, 1.82) is 0 Å². The summed E-state index contributed by atoms with van der Waals surface area (Å²) >= 11 is 0. The number of hydrogen-bond acceptors (Lipinski definition) is 1. The molecule has 2 heteroatoms. The highest BCUT2D eigenvalue weighted by atomic mass is 28.2. The van der Waals surface area contributed by atoms with E-state index in [0.29, 0.717) is 5.92 Å². The molecule has 0 bridgehead atoms. The largest absolute Gasteiger partial charge is 0.386 e. The van der Waals surface area contributed by atoms with E-state index in [-0.39, 0.29) is 0 Å². The van der Waals surface area contributed by atoms with Crippen LogP contribution in [0.4, 0.5) is 0 Å². The van der Waals surface area contributed by atoms with Crippen molar-refractivity contribution in [2.75, 3.05) is 0 Å².